The molecular formula is C12H12N4O2. The average Bonchev–Trinajstić information content (AvgIpc) is 2.98. The van der Waals surface area contributed by atoms with Gasteiger partial charge in [-0.1, -0.05) is 0 Å². The molecule has 0 amide bonds. The lowest BCUT2D eigenvalue weighted by molar-refractivity contribution is 0.104. The van der Waals surface area contributed by atoms with E-state index in [-0.39, 0.29) is 11.7 Å². The van der Waals surface area contributed by atoms with Gasteiger partial charge in [0.25, 0.3) is 0 Å². The third kappa shape index (κ3) is 1.29. The van der Waals surface area contributed by atoms with E-state index in [1.165, 1.54) is 0 Å². The summed E-state index contributed by atoms with van der Waals surface area (Å²) in [7, 11) is 1.75. The molecule has 0 spiro atoms. The molecule has 3 heterocycles. The molecule has 0 aliphatic rings. The standard InChI is InChI=1S/C12H12N4O2/c1-6-8-9(10(17)7-3-4-14-5-7)11(13)18-12(8)16(2)15-6/h3-5,14H,13H2,1-2H3. The van der Waals surface area contributed by atoms with Crippen LogP contribution in [0.25, 0.3) is 11.1 Å². The normalized spacial score (nSPS) is 11.2. The summed E-state index contributed by atoms with van der Waals surface area (Å²) in [5, 5.41) is 4.90. The summed E-state index contributed by atoms with van der Waals surface area (Å²) in [6.45, 7) is 1.82. The lowest BCUT2D eigenvalue weighted by Crippen LogP contribution is -2.02. The summed E-state index contributed by atoms with van der Waals surface area (Å²) >= 11 is 0. The number of anilines is 1. The number of rotatable bonds is 2. The van der Waals surface area contributed by atoms with Crippen LogP contribution in [0, 0.1) is 6.92 Å². The predicted octanol–water partition coefficient (Wildman–Crippen LogP) is 1.62. The van der Waals surface area contributed by atoms with Crippen molar-refractivity contribution in [2.75, 3.05) is 5.73 Å². The smallest absolute Gasteiger partial charge is 0.228 e. The first-order valence-corrected chi connectivity index (χ1v) is 5.48. The molecule has 0 fully saturated rings. The van der Waals surface area contributed by atoms with Gasteiger partial charge >= 0.3 is 0 Å². The summed E-state index contributed by atoms with van der Waals surface area (Å²) in [6, 6.07) is 1.70. The van der Waals surface area contributed by atoms with Gasteiger partial charge in [-0.25, -0.2) is 4.68 Å². The fourth-order valence-corrected chi connectivity index (χ4v) is 2.16. The number of hydrogen-bond acceptors (Lipinski definition) is 4. The van der Waals surface area contributed by atoms with Crippen LogP contribution in [0.3, 0.4) is 0 Å². The highest BCUT2D eigenvalue weighted by atomic mass is 16.4. The first-order chi connectivity index (χ1) is 8.59. The molecule has 0 radical (unpaired) electrons. The van der Waals surface area contributed by atoms with Crippen molar-refractivity contribution in [1.82, 2.24) is 14.8 Å². The van der Waals surface area contributed by atoms with Crippen molar-refractivity contribution in [3.63, 3.8) is 0 Å². The second-order valence-electron chi connectivity index (χ2n) is 4.16. The maximum absolute atomic E-state index is 12.4. The number of ketones is 1. The number of fused-ring (bicyclic) bond motifs is 1. The Labute approximate surface area is 102 Å². The van der Waals surface area contributed by atoms with Crippen LogP contribution in [-0.4, -0.2) is 20.5 Å². The number of hydrogen-bond donors (Lipinski definition) is 2. The number of H-pyrrole nitrogens is 1. The fraction of sp³-hybridized carbons (Fsp3) is 0.167. The van der Waals surface area contributed by atoms with Crippen LogP contribution in [0.15, 0.2) is 22.9 Å². The Morgan fingerprint density at radius 1 is 1.56 bits per heavy atom. The monoisotopic (exact) mass is 244 g/mol. The molecular weight excluding hydrogens is 232 g/mol. The zero-order valence-electron chi connectivity index (χ0n) is 10.0. The molecule has 18 heavy (non-hydrogen) atoms. The molecule has 3 aromatic heterocycles. The second kappa shape index (κ2) is 3.49. The molecule has 6 heteroatoms. The quantitative estimate of drug-likeness (QED) is 0.670. The van der Waals surface area contributed by atoms with Crippen LogP contribution in [0.4, 0.5) is 5.88 Å². The Morgan fingerprint density at radius 2 is 2.33 bits per heavy atom. The summed E-state index contributed by atoms with van der Waals surface area (Å²) in [5.74, 6) is -0.0316. The third-order valence-electron chi connectivity index (χ3n) is 2.96. The SMILES string of the molecule is Cc1nn(C)c2oc(N)c(C(=O)c3cc[nH]c3)c12. The molecule has 92 valence electrons. The molecule has 3 rings (SSSR count). The summed E-state index contributed by atoms with van der Waals surface area (Å²) in [4.78, 5) is 15.2. The third-order valence-corrected chi connectivity index (χ3v) is 2.96. The van der Waals surface area contributed by atoms with Gasteiger partial charge in [-0.05, 0) is 13.0 Å². The van der Waals surface area contributed by atoms with Gasteiger partial charge in [-0.3, -0.25) is 4.79 Å². The molecule has 0 atom stereocenters. The Morgan fingerprint density at radius 3 is 3.00 bits per heavy atom. The van der Waals surface area contributed by atoms with Crippen molar-refractivity contribution in [1.29, 1.82) is 0 Å². The molecule has 0 aliphatic heterocycles. The van der Waals surface area contributed by atoms with E-state index in [0.717, 1.165) is 5.69 Å². The van der Waals surface area contributed by atoms with E-state index in [9.17, 15) is 4.79 Å². The maximum atomic E-state index is 12.4. The lowest BCUT2D eigenvalue weighted by Gasteiger charge is -1.96. The number of carbonyl (C=O) groups excluding carboxylic acids is 1. The molecule has 0 saturated carbocycles. The number of aromatic nitrogens is 3. The summed E-state index contributed by atoms with van der Waals surface area (Å²) in [6.07, 6.45) is 3.32. The fourth-order valence-electron chi connectivity index (χ4n) is 2.16. The maximum Gasteiger partial charge on any atom is 0.228 e. The van der Waals surface area contributed by atoms with E-state index in [0.29, 0.717) is 22.2 Å². The van der Waals surface area contributed by atoms with Gasteiger partial charge in [0, 0.05) is 25.0 Å². The van der Waals surface area contributed by atoms with Crippen molar-refractivity contribution in [2.24, 2.45) is 7.05 Å². The molecule has 0 bridgehead atoms. The Balaban J connectivity index is 2.29. The Bertz CT molecular complexity index is 734. The number of aromatic amines is 1. The van der Waals surface area contributed by atoms with Crippen LogP contribution in [0.1, 0.15) is 21.6 Å². The number of furan rings is 1. The van der Waals surface area contributed by atoms with Gasteiger partial charge in [0.05, 0.1) is 16.6 Å². The van der Waals surface area contributed by atoms with Crippen LogP contribution in [0.2, 0.25) is 0 Å². The first kappa shape index (κ1) is 10.6. The van der Waals surface area contributed by atoms with E-state index in [1.807, 2.05) is 6.92 Å². The number of nitrogens with two attached hydrogens (primary N) is 1. The zero-order valence-corrected chi connectivity index (χ0v) is 10.0. The highest BCUT2D eigenvalue weighted by Gasteiger charge is 2.25. The van der Waals surface area contributed by atoms with Gasteiger partial charge in [0.15, 0.2) is 0 Å². The predicted molar refractivity (Wildman–Crippen MR) is 66.4 cm³/mol. The van der Waals surface area contributed by atoms with Crippen molar-refractivity contribution in [2.45, 2.75) is 6.92 Å². The van der Waals surface area contributed by atoms with E-state index in [2.05, 4.69) is 10.1 Å². The number of aryl methyl sites for hydroxylation is 2. The van der Waals surface area contributed by atoms with Gasteiger partial charge < -0.3 is 15.1 Å². The Kier molecular flexibility index (Phi) is 2.07. The molecule has 0 aromatic carbocycles. The van der Waals surface area contributed by atoms with Crippen molar-refractivity contribution < 1.29 is 9.21 Å². The Hall–Kier alpha value is -2.50. The minimum Gasteiger partial charge on any atom is -0.422 e. The second-order valence-corrected chi connectivity index (χ2v) is 4.16. The molecule has 0 unspecified atom stereocenters. The number of carbonyl (C=O) groups is 1. The molecule has 3 N–H and O–H groups in total. The van der Waals surface area contributed by atoms with Crippen molar-refractivity contribution in [3.8, 4) is 0 Å². The van der Waals surface area contributed by atoms with E-state index < -0.39 is 0 Å². The van der Waals surface area contributed by atoms with Crippen LogP contribution >= 0.6 is 0 Å². The highest BCUT2D eigenvalue weighted by molar-refractivity contribution is 6.19. The van der Waals surface area contributed by atoms with Gasteiger partial charge in [-0.15, -0.1) is 0 Å². The first-order valence-electron chi connectivity index (χ1n) is 5.48. The summed E-state index contributed by atoms with van der Waals surface area (Å²) in [5.41, 5.74) is 7.98. The van der Waals surface area contributed by atoms with Crippen LogP contribution < -0.4 is 5.73 Å². The van der Waals surface area contributed by atoms with Crippen molar-refractivity contribution >= 4 is 22.8 Å². The van der Waals surface area contributed by atoms with Crippen LogP contribution in [-0.2, 0) is 7.05 Å². The molecule has 0 aliphatic carbocycles. The number of nitrogens with one attached hydrogen (secondary N) is 1. The highest BCUT2D eigenvalue weighted by Crippen LogP contribution is 2.31. The summed E-state index contributed by atoms with van der Waals surface area (Å²) < 4.78 is 7.00. The molecule has 3 aromatic rings. The average molecular weight is 244 g/mol. The van der Waals surface area contributed by atoms with E-state index in [1.54, 1.807) is 30.2 Å². The number of nitrogens with zero attached hydrogens (tertiary/aromatic N) is 2. The zero-order chi connectivity index (χ0) is 12.9. The largest absolute Gasteiger partial charge is 0.422 e. The van der Waals surface area contributed by atoms with Gasteiger partial charge in [0.1, 0.15) is 0 Å². The van der Waals surface area contributed by atoms with Crippen LogP contribution in [0.5, 0.6) is 0 Å². The minimum atomic E-state index is -0.163. The van der Waals surface area contributed by atoms with Gasteiger partial charge in [0.2, 0.25) is 17.4 Å². The number of nitrogen functional groups attached to an aromatic ring is 1. The lowest BCUT2D eigenvalue weighted by atomic mass is 10.0. The molecule has 0 saturated heterocycles. The van der Waals surface area contributed by atoms with E-state index >= 15 is 0 Å². The molecule has 6 nitrogen and oxygen atoms in total. The van der Waals surface area contributed by atoms with Crippen molar-refractivity contribution in [3.05, 3.63) is 35.3 Å². The van der Waals surface area contributed by atoms with Gasteiger partial charge in [-0.2, -0.15) is 5.10 Å². The minimum absolute atomic E-state index is 0.132. The van der Waals surface area contributed by atoms with E-state index in [4.69, 9.17) is 10.2 Å². The topological polar surface area (TPSA) is 89.8 Å².